The smallest absolute Gasteiger partial charge is 0.240 e. The number of carbonyl (C=O) groups is 1. The van der Waals surface area contributed by atoms with Crippen molar-refractivity contribution in [2.75, 3.05) is 19.7 Å². The van der Waals surface area contributed by atoms with E-state index in [1.807, 2.05) is 17.7 Å². The Morgan fingerprint density at radius 1 is 1.23 bits per heavy atom. The highest BCUT2D eigenvalue weighted by molar-refractivity contribution is 7.89. The third kappa shape index (κ3) is 6.49. The van der Waals surface area contributed by atoms with Gasteiger partial charge in [0.15, 0.2) is 0 Å². The van der Waals surface area contributed by atoms with Crippen LogP contribution in [-0.4, -0.2) is 43.6 Å². The number of hydrogen-bond acceptors (Lipinski definition) is 5. The molecule has 1 aromatic heterocycles. The molecule has 2 rings (SSSR count). The molecule has 0 unspecified atom stereocenters. The number of hydrogen-bond donors (Lipinski definition) is 2. The lowest BCUT2D eigenvalue weighted by molar-refractivity contribution is -0.120. The largest absolute Gasteiger partial charge is 0.494 e. The lowest BCUT2D eigenvalue weighted by Gasteiger charge is -2.09. The fourth-order valence-electron chi connectivity index (χ4n) is 2.26. The van der Waals surface area contributed by atoms with Crippen molar-refractivity contribution in [3.63, 3.8) is 0 Å². The lowest BCUT2D eigenvalue weighted by atomic mass is 10.3. The average molecular weight is 380 g/mol. The Labute approximate surface area is 153 Å². The molecular weight excluding hydrogens is 356 g/mol. The molecule has 1 amide bonds. The monoisotopic (exact) mass is 380 g/mol. The molecule has 0 aliphatic carbocycles. The molecule has 9 heteroatoms. The van der Waals surface area contributed by atoms with Crippen molar-refractivity contribution in [1.82, 2.24) is 19.6 Å². The number of aryl methyl sites for hydroxylation is 1. The fraction of sp³-hybridized carbons (Fsp3) is 0.412. The van der Waals surface area contributed by atoms with Gasteiger partial charge in [0.2, 0.25) is 15.9 Å². The predicted octanol–water partition coefficient (Wildman–Crippen LogP) is 1.16. The van der Waals surface area contributed by atoms with Crippen LogP contribution in [0.5, 0.6) is 5.75 Å². The molecular formula is C17H24N4O4S. The zero-order valence-electron chi connectivity index (χ0n) is 14.7. The summed E-state index contributed by atoms with van der Waals surface area (Å²) in [6, 6.07) is 6.16. The third-order valence-electron chi connectivity index (χ3n) is 3.56. The second kappa shape index (κ2) is 9.93. The van der Waals surface area contributed by atoms with Gasteiger partial charge in [-0.05, 0) is 37.6 Å². The molecule has 8 nitrogen and oxygen atoms in total. The van der Waals surface area contributed by atoms with Crippen molar-refractivity contribution in [1.29, 1.82) is 0 Å². The highest BCUT2D eigenvalue weighted by atomic mass is 32.2. The zero-order valence-corrected chi connectivity index (χ0v) is 15.5. The average Bonchev–Trinajstić information content (AvgIpc) is 3.13. The minimum absolute atomic E-state index is 0.0445. The molecule has 142 valence electrons. The van der Waals surface area contributed by atoms with Gasteiger partial charge >= 0.3 is 0 Å². The van der Waals surface area contributed by atoms with Crippen molar-refractivity contribution < 1.29 is 17.9 Å². The number of benzene rings is 1. The molecule has 0 spiro atoms. The molecule has 0 fully saturated rings. The van der Waals surface area contributed by atoms with E-state index in [2.05, 4.69) is 15.0 Å². The van der Waals surface area contributed by atoms with E-state index in [-0.39, 0.29) is 23.8 Å². The number of aromatic nitrogens is 2. The molecule has 0 radical (unpaired) electrons. The SMILES string of the molecule is CCOc1ccc(S(=O)(=O)NCCC(=O)NCCCn2ccnc2)cc1. The number of ether oxygens (including phenoxy) is 1. The van der Waals surface area contributed by atoms with Crippen LogP contribution in [-0.2, 0) is 21.4 Å². The Balaban J connectivity index is 1.67. The van der Waals surface area contributed by atoms with Crippen LogP contribution in [0.3, 0.4) is 0 Å². The number of amides is 1. The van der Waals surface area contributed by atoms with E-state index in [4.69, 9.17) is 4.74 Å². The van der Waals surface area contributed by atoms with Crippen molar-refractivity contribution in [2.45, 2.75) is 31.2 Å². The summed E-state index contributed by atoms with van der Waals surface area (Å²) in [6.45, 7) is 3.72. The van der Waals surface area contributed by atoms with E-state index in [0.717, 1.165) is 13.0 Å². The van der Waals surface area contributed by atoms with Gasteiger partial charge in [0.1, 0.15) is 5.75 Å². The maximum Gasteiger partial charge on any atom is 0.240 e. The molecule has 1 aromatic carbocycles. The van der Waals surface area contributed by atoms with Gasteiger partial charge in [-0.3, -0.25) is 4.79 Å². The van der Waals surface area contributed by atoms with Crippen molar-refractivity contribution in [3.05, 3.63) is 43.0 Å². The molecule has 2 N–H and O–H groups in total. The van der Waals surface area contributed by atoms with Crippen LogP contribution in [0.4, 0.5) is 0 Å². The van der Waals surface area contributed by atoms with Crippen LogP contribution >= 0.6 is 0 Å². The summed E-state index contributed by atoms with van der Waals surface area (Å²) in [5.41, 5.74) is 0. The van der Waals surface area contributed by atoms with Crippen LogP contribution in [0.1, 0.15) is 19.8 Å². The van der Waals surface area contributed by atoms with Crippen LogP contribution in [0.15, 0.2) is 47.9 Å². The molecule has 0 aliphatic heterocycles. The first-order valence-electron chi connectivity index (χ1n) is 8.46. The first kappa shape index (κ1) is 19.9. The quantitative estimate of drug-likeness (QED) is 0.570. The van der Waals surface area contributed by atoms with E-state index in [0.29, 0.717) is 18.9 Å². The van der Waals surface area contributed by atoms with Gasteiger partial charge in [0, 0.05) is 38.4 Å². The summed E-state index contributed by atoms with van der Waals surface area (Å²) in [5.74, 6) is 0.423. The van der Waals surface area contributed by atoms with Crippen LogP contribution < -0.4 is 14.8 Å². The normalized spacial score (nSPS) is 11.3. The molecule has 0 atom stereocenters. The molecule has 0 saturated carbocycles. The van der Waals surface area contributed by atoms with Gasteiger partial charge in [-0.25, -0.2) is 18.1 Å². The molecule has 2 aromatic rings. The number of rotatable bonds is 11. The van der Waals surface area contributed by atoms with Gasteiger partial charge in [-0.15, -0.1) is 0 Å². The van der Waals surface area contributed by atoms with Crippen molar-refractivity contribution in [2.24, 2.45) is 0 Å². The fourth-order valence-corrected chi connectivity index (χ4v) is 3.29. The first-order chi connectivity index (χ1) is 12.5. The Kier molecular flexibility index (Phi) is 7.61. The van der Waals surface area contributed by atoms with Gasteiger partial charge < -0.3 is 14.6 Å². The Bertz CT molecular complexity index is 774. The van der Waals surface area contributed by atoms with Gasteiger partial charge in [0.05, 0.1) is 17.8 Å². The van der Waals surface area contributed by atoms with Crippen molar-refractivity contribution in [3.8, 4) is 5.75 Å². The molecule has 0 aliphatic rings. The number of nitrogens with zero attached hydrogens (tertiary/aromatic N) is 2. The minimum atomic E-state index is -3.64. The van der Waals surface area contributed by atoms with Crippen LogP contribution in [0, 0.1) is 0 Å². The van der Waals surface area contributed by atoms with E-state index in [1.54, 1.807) is 24.7 Å². The maximum atomic E-state index is 12.2. The first-order valence-corrected chi connectivity index (χ1v) is 9.94. The van der Waals surface area contributed by atoms with Gasteiger partial charge in [0.25, 0.3) is 0 Å². The number of sulfonamides is 1. The minimum Gasteiger partial charge on any atom is -0.494 e. The number of imidazole rings is 1. The van der Waals surface area contributed by atoms with Gasteiger partial charge in [-0.2, -0.15) is 0 Å². The van der Waals surface area contributed by atoms with E-state index >= 15 is 0 Å². The number of carbonyl (C=O) groups excluding carboxylic acids is 1. The summed E-state index contributed by atoms with van der Waals surface area (Å²) in [7, 11) is -3.64. The maximum absolute atomic E-state index is 12.2. The molecule has 0 saturated heterocycles. The summed E-state index contributed by atoms with van der Waals surface area (Å²) in [5, 5.41) is 2.77. The van der Waals surface area contributed by atoms with Crippen LogP contribution in [0.2, 0.25) is 0 Å². The van der Waals surface area contributed by atoms with E-state index in [1.165, 1.54) is 12.1 Å². The molecule has 0 bridgehead atoms. The second-order valence-electron chi connectivity index (χ2n) is 5.56. The van der Waals surface area contributed by atoms with Crippen molar-refractivity contribution >= 4 is 15.9 Å². The summed E-state index contributed by atoms with van der Waals surface area (Å²) in [6.07, 6.45) is 6.14. The Morgan fingerprint density at radius 2 is 2.00 bits per heavy atom. The number of nitrogens with one attached hydrogen (secondary N) is 2. The Morgan fingerprint density at radius 3 is 2.65 bits per heavy atom. The molecule has 1 heterocycles. The highest BCUT2D eigenvalue weighted by Gasteiger charge is 2.14. The molecule has 26 heavy (non-hydrogen) atoms. The van der Waals surface area contributed by atoms with Crippen LogP contribution in [0.25, 0.3) is 0 Å². The summed E-state index contributed by atoms with van der Waals surface area (Å²) >= 11 is 0. The zero-order chi connectivity index (χ0) is 18.8. The Hall–Kier alpha value is -2.39. The third-order valence-corrected chi connectivity index (χ3v) is 5.04. The highest BCUT2D eigenvalue weighted by Crippen LogP contribution is 2.15. The summed E-state index contributed by atoms with van der Waals surface area (Å²) in [4.78, 5) is 15.8. The summed E-state index contributed by atoms with van der Waals surface area (Å²) < 4.78 is 34.0. The topological polar surface area (TPSA) is 102 Å². The van der Waals surface area contributed by atoms with E-state index in [9.17, 15) is 13.2 Å². The predicted molar refractivity (Wildman–Crippen MR) is 97.3 cm³/mol. The lowest BCUT2D eigenvalue weighted by Crippen LogP contribution is -2.31. The second-order valence-corrected chi connectivity index (χ2v) is 7.32. The van der Waals surface area contributed by atoms with Gasteiger partial charge in [-0.1, -0.05) is 0 Å². The standard InChI is InChI=1S/C17H24N4O4S/c1-2-25-15-4-6-16(7-5-15)26(23,24)20-10-8-17(22)19-9-3-12-21-13-11-18-14-21/h4-7,11,13-14,20H,2-3,8-10,12H2,1H3,(H,19,22). The van der Waals surface area contributed by atoms with E-state index < -0.39 is 10.0 Å².